The highest BCUT2D eigenvalue weighted by atomic mass is 35.5. The number of halogens is 2. The molecule has 17 heavy (non-hydrogen) atoms. The second-order valence-electron chi connectivity index (χ2n) is 4.21. The van der Waals surface area contributed by atoms with Crippen molar-refractivity contribution in [3.63, 3.8) is 0 Å². The first-order valence-electron chi connectivity index (χ1n) is 4.88. The summed E-state index contributed by atoms with van der Waals surface area (Å²) in [6, 6.07) is 3.85. The lowest BCUT2D eigenvalue weighted by molar-refractivity contribution is -0.125. The second-order valence-corrected chi connectivity index (χ2v) is 4.21. The van der Waals surface area contributed by atoms with E-state index in [2.05, 4.69) is 10.3 Å². The minimum Gasteiger partial charge on any atom is -0.350 e. The number of rotatable bonds is 3. The molecule has 6 heteroatoms. The fraction of sp³-hybridized carbons (Fsp3) is 0.455. The molecule has 0 aliphatic carbocycles. The van der Waals surface area contributed by atoms with Crippen LogP contribution in [0.25, 0.3) is 0 Å². The molecule has 0 radical (unpaired) electrons. The lowest BCUT2D eigenvalue weighted by Gasteiger charge is -2.17. The number of hydrogen-bond donors (Lipinski definition) is 2. The number of carbonyl (C=O) groups is 1. The van der Waals surface area contributed by atoms with Crippen molar-refractivity contribution in [1.82, 2.24) is 10.3 Å². The van der Waals surface area contributed by atoms with Crippen LogP contribution in [0, 0.1) is 6.92 Å². The highest BCUT2D eigenvalue weighted by Gasteiger charge is 2.20. The molecule has 0 saturated carbocycles. The van der Waals surface area contributed by atoms with Gasteiger partial charge >= 0.3 is 0 Å². The van der Waals surface area contributed by atoms with Crippen molar-refractivity contribution in [2.75, 3.05) is 0 Å². The summed E-state index contributed by atoms with van der Waals surface area (Å²) < 4.78 is 0. The van der Waals surface area contributed by atoms with Crippen LogP contribution in [0.4, 0.5) is 0 Å². The number of aromatic nitrogens is 1. The monoisotopic (exact) mass is 279 g/mol. The van der Waals surface area contributed by atoms with Crippen LogP contribution in [0.1, 0.15) is 25.1 Å². The lowest BCUT2D eigenvalue weighted by atomic mass is 10.1. The van der Waals surface area contributed by atoms with Crippen LogP contribution in [-0.4, -0.2) is 16.4 Å². The van der Waals surface area contributed by atoms with Gasteiger partial charge in [0, 0.05) is 18.4 Å². The fourth-order valence-corrected chi connectivity index (χ4v) is 1.01. The summed E-state index contributed by atoms with van der Waals surface area (Å²) in [5.74, 6) is -0.164. The highest BCUT2D eigenvalue weighted by molar-refractivity contribution is 5.85. The number of amides is 1. The molecule has 0 aromatic carbocycles. The van der Waals surface area contributed by atoms with E-state index in [1.165, 1.54) is 0 Å². The van der Waals surface area contributed by atoms with Gasteiger partial charge < -0.3 is 11.1 Å². The quantitative estimate of drug-likeness (QED) is 0.883. The second kappa shape index (κ2) is 7.48. The molecule has 98 valence electrons. The molecule has 0 saturated heterocycles. The van der Waals surface area contributed by atoms with Gasteiger partial charge in [0.1, 0.15) is 0 Å². The standard InChI is InChI=1S/C11H17N3O.2ClH/c1-8-4-5-9(6-13-8)7-14-10(15)11(2,3)12;;/h4-6H,7,12H2,1-3H3,(H,14,15);2*1H. The summed E-state index contributed by atoms with van der Waals surface area (Å²) >= 11 is 0. The first kappa shape index (κ1) is 18.5. The number of hydrogen-bond acceptors (Lipinski definition) is 3. The third kappa shape index (κ3) is 6.46. The van der Waals surface area contributed by atoms with Gasteiger partial charge in [0.05, 0.1) is 5.54 Å². The Morgan fingerprint density at radius 2 is 2.00 bits per heavy atom. The molecular weight excluding hydrogens is 261 g/mol. The Morgan fingerprint density at radius 1 is 1.41 bits per heavy atom. The van der Waals surface area contributed by atoms with Crippen LogP contribution < -0.4 is 11.1 Å². The van der Waals surface area contributed by atoms with Gasteiger partial charge in [0.2, 0.25) is 5.91 Å². The summed E-state index contributed by atoms with van der Waals surface area (Å²) in [7, 11) is 0. The number of pyridine rings is 1. The highest BCUT2D eigenvalue weighted by Crippen LogP contribution is 2.01. The zero-order chi connectivity index (χ0) is 11.5. The van der Waals surface area contributed by atoms with E-state index in [1.807, 2.05) is 19.1 Å². The van der Waals surface area contributed by atoms with E-state index < -0.39 is 5.54 Å². The smallest absolute Gasteiger partial charge is 0.239 e. The zero-order valence-corrected chi connectivity index (χ0v) is 11.8. The average molecular weight is 280 g/mol. The van der Waals surface area contributed by atoms with Gasteiger partial charge in [-0.2, -0.15) is 0 Å². The SMILES string of the molecule is Cc1ccc(CNC(=O)C(C)(C)N)cn1.Cl.Cl. The molecule has 4 nitrogen and oxygen atoms in total. The molecule has 0 spiro atoms. The third-order valence-corrected chi connectivity index (χ3v) is 2.01. The molecular formula is C11H19Cl2N3O. The Bertz CT molecular complexity index is 347. The molecule has 1 rings (SSSR count). The van der Waals surface area contributed by atoms with E-state index in [4.69, 9.17) is 5.73 Å². The molecule has 1 aromatic heterocycles. The summed E-state index contributed by atoms with van der Waals surface area (Å²) in [5.41, 5.74) is 6.74. The van der Waals surface area contributed by atoms with Crippen molar-refractivity contribution in [2.45, 2.75) is 32.9 Å². The molecule has 0 fully saturated rings. The van der Waals surface area contributed by atoms with Gasteiger partial charge in [-0.1, -0.05) is 6.07 Å². The van der Waals surface area contributed by atoms with Gasteiger partial charge in [0.15, 0.2) is 0 Å². The minimum atomic E-state index is -0.835. The predicted octanol–water partition coefficient (Wildman–Crippen LogP) is 1.59. The van der Waals surface area contributed by atoms with E-state index in [0.717, 1.165) is 11.3 Å². The van der Waals surface area contributed by atoms with Crippen molar-refractivity contribution in [3.05, 3.63) is 29.6 Å². The van der Waals surface area contributed by atoms with Crippen molar-refractivity contribution in [3.8, 4) is 0 Å². The number of carbonyl (C=O) groups excluding carboxylic acids is 1. The lowest BCUT2D eigenvalue weighted by Crippen LogP contribution is -2.48. The molecule has 3 N–H and O–H groups in total. The van der Waals surface area contributed by atoms with E-state index in [9.17, 15) is 4.79 Å². The summed E-state index contributed by atoms with van der Waals surface area (Å²) in [6.07, 6.45) is 1.75. The van der Waals surface area contributed by atoms with Gasteiger partial charge in [-0.15, -0.1) is 24.8 Å². The summed E-state index contributed by atoms with van der Waals surface area (Å²) in [6.45, 7) is 5.74. The zero-order valence-electron chi connectivity index (χ0n) is 10.2. The third-order valence-electron chi connectivity index (χ3n) is 2.01. The number of nitrogens with zero attached hydrogens (tertiary/aromatic N) is 1. The van der Waals surface area contributed by atoms with Gasteiger partial charge in [-0.3, -0.25) is 9.78 Å². The molecule has 0 bridgehead atoms. The molecule has 0 aliphatic rings. The van der Waals surface area contributed by atoms with Crippen LogP contribution in [-0.2, 0) is 11.3 Å². The Hall–Kier alpha value is -0.840. The maximum atomic E-state index is 11.4. The van der Waals surface area contributed by atoms with Gasteiger partial charge in [-0.25, -0.2) is 0 Å². The Balaban J connectivity index is 0. The molecule has 1 amide bonds. The van der Waals surface area contributed by atoms with Gasteiger partial charge in [-0.05, 0) is 32.4 Å². The van der Waals surface area contributed by atoms with Crippen LogP contribution in [0.3, 0.4) is 0 Å². The van der Waals surface area contributed by atoms with Crippen LogP contribution >= 0.6 is 24.8 Å². The largest absolute Gasteiger partial charge is 0.350 e. The summed E-state index contributed by atoms with van der Waals surface area (Å²) in [4.78, 5) is 15.6. The number of nitrogens with two attached hydrogens (primary N) is 1. The molecule has 0 atom stereocenters. The summed E-state index contributed by atoms with van der Waals surface area (Å²) in [5, 5.41) is 2.75. The number of aryl methyl sites for hydroxylation is 1. The maximum absolute atomic E-state index is 11.4. The first-order valence-corrected chi connectivity index (χ1v) is 4.88. The van der Waals surface area contributed by atoms with Crippen molar-refractivity contribution in [2.24, 2.45) is 5.73 Å². The Labute approximate surface area is 114 Å². The molecule has 1 heterocycles. The maximum Gasteiger partial charge on any atom is 0.239 e. The van der Waals surface area contributed by atoms with E-state index in [-0.39, 0.29) is 30.7 Å². The first-order chi connectivity index (χ1) is 6.89. The predicted molar refractivity (Wildman–Crippen MR) is 73.6 cm³/mol. The number of nitrogens with one attached hydrogen (secondary N) is 1. The topological polar surface area (TPSA) is 68.0 Å². The Kier molecular flexibility index (Phi) is 8.15. The minimum absolute atomic E-state index is 0. The van der Waals surface area contributed by atoms with Gasteiger partial charge in [0.25, 0.3) is 0 Å². The van der Waals surface area contributed by atoms with Crippen molar-refractivity contribution >= 4 is 30.7 Å². The molecule has 1 aromatic rings. The molecule has 0 aliphatic heterocycles. The van der Waals surface area contributed by atoms with E-state index >= 15 is 0 Å². The normalized spacial score (nSPS) is 9.88. The van der Waals surface area contributed by atoms with E-state index in [1.54, 1.807) is 20.0 Å². The average Bonchev–Trinajstić information content (AvgIpc) is 2.15. The van der Waals surface area contributed by atoms with Crippen LogP contribution in [0.15, 0.2) is 18.3 Å². The van der Waals surface area contributed by atoms with Crippen LogP contribution in [0.2, 0.25) is 0 Å². The van der Waals surface area contributed by atoms with Crippen LogP contribution in [0.5, 0.6) is 0 Å². The van der Waals surface area contributed by atoms with Crippen molar-refractivity contribution in [1.29, 1.82) is 0 Å². The molecule has 0 unspecified atom stereocenters. The fourth-order valence-electron chi connectivity index (χ4n) is 1.01. The van der Waals surface area contributed by atoms with E-state index in [0.29, 0.717) is 6.54 Å². The van der Waals surface area contributed by atoms with Crippen molar-refractivity contribution < 1.29 is 4.79 Å². The Morgan fingerprint density at radius 3 is 2.41 bits per heavy atom.